The van der Waals surface area contributed by atoms with E-state index in [1.807, 2.05) is 45.0 Å². The molecule has 1 aromatic carbocycles. The van der Waals surface area contributed by atoms with E-state index in [0.717, 1.165) is 22.9 Å². The average Bonchev–Trinajstić information content (AvgIpc) is 3.64. The number of aliphatic carboxylic acids is 1. The third-order valence-electron chi connectivity index (χ3n) is 8.38. The maximum absolute atomic E-state index is 13.9. The molecule has 1 aromatic heterocycles. The van der Waals surface area contributed by atoms with Gasteiger partial charge in [0.2, 0.25) is 29.5 Å². The summed E-state index contributed by atoms with van der Waals surface area (Å²) >= 11 is 0. The zero-order chi connectivity index (χ0) is 32.7. The second-order valence-corrected chi connectivity index (χ2v) is 12.4. The quantitative estimate of drug-likeness (QED) is 0.243. The van der Waals surface area contributed by atoms with Crippen molar-refractivity contribution in [3.05, 3.63) is 36.0 Å². The first-order chi connectivity index (χ1) is 21.5. The van der Waals surface area contributed by atoms with E-state index in [-0.39, 0.29) is 25.3 Å². The number of aromatic nitrogens is 1. The van der Waals surface area contributed by atoms with Crippen LogP contribution in [0.4, 0.5) is 0 Å². The van der Waals surface area contributed by atoms with Crippen LogP contribution in [0.3, 0.4) is 0 Å². The molecular weight excluding hydrogens is 580 g/mol. The van der Waals surface area contributed by atoms with Crippen LogP contribution >= 0.6 is 0 Å². The molecule has 2 aliphatic rings. The number of carbonyl (C=O) groups excluding carboxylic acids is 5. The number of nitrogens with one attached hydrogen (secondary N) is 5. The van der Waals surface area contributed by atoms with Crippen LogP contribution in [-0.2, 0) is 35.2 Å². The Hall–Kier alpha value is -4.42. The predicted octanol–water partition coefficient (Wildman–Crippen LogP) is 1.37. The minimum absolute atomic E-state index is 0.00248. The highest BCUT2D eigenvalue weighted by atomic mass is 16.4. The highest BCUT2D eigenvalue weighted by Crippen LogP contribution is 2.22. The van der Waals surface area contributed by atoms with Crippen LogP contribution in [0.2, 0.25) is 0 Å². The van der Waals surface area contributed by atoms with Crippen LogP contribution in [0.15, 0.2) is 30.5 Å². The molecule has 0 aliphatic carbocycles. The Bertz CT molecular complexity index is 1420. The van der Waals surface area contributed by atoms with E-state index in [2.05, 4.69) is 26.3 Å². The number of carbonyl (C=O) groups is 6. The molecule has 13 nitrogen and oxygen atoms in total. The molecule has 0 saturated carbocycles. The summed E-state index contributed by atoms with van der Waals surface area (Å²) < 4.78 is 0. The van der Waals surface area contributed by atoms with Gasteiger partial charge in [-0.1, -0.05) is 51.8 Å². The molecule has 0 unspecified atom stereocenters. The van der Waals surface area contributed by atoms with Crippen molar-refractivity contribution in [3.63, 3.8) is 0 Å². The zero-order valence-electron chi connectivity index (χ0n) is 26.1. The van der Waals surface area contributed by atoms with Gasteiger partial charge in [-0.05, 0) is 43.2 Å². The molecule has 5 amide bonds. The van der Waals surface area contributed by atoms with Crippen LogP contribution in [-0.4, -0.2) is 87.2 Å². The van der Waals surface area contributed by atoms with Crippen molar-refractivity contribution in [2.45, 2.75) is 102 Å². The number of amides is 5. The molecule has 0 radical (unpaired) electrons. The third kappa shape index (κ3) is 8.40. The zero-order valence-corrected chi connectivity index (χ0v) is 26.1. The summed E-state index contributed by atoms with van der Waals surface area (Å²) in [4.78, 5) is 84.7. The number of carboxylic acids is 1. The molecule has 0 bridgehead atoms. The van der Waals surface area contributed by atoms with E-state index in [1.165, 1.54) is 4.90 Å². The summed E-state index contributed by atoms with van der Waals surface area (Å²) in [5.74, 6) is -4.43. The Kier molecular flexibility index (Phi) is 11.2. The maximum Gasteiger partial charge on any atom is 0.305 e. The largest absolute Gasteiger partial charge is 0.481 e. The minimum atomic E-state index is -1.47. The third-order valence-corrected chi connectivity index (χ3v) is 8.38. The van der Waals surface area contributed by atoms with Crippen molar-refractivity contribution in [3.8, 4) is 0 Å². The average molecular weight is 625 g/mol. The van der Waals surface area contributed by atoms with E-state index in [1.54, 1.807) is 6.20 Å². The molecular formula is C32H44N6O7. The molecule has 2 saturated heterocycles. The lowest BCUT2D eigenvalue weighted by molar-refractivity contribution is -0.146. The van der Waals surface area contributed by atoms with Gasteiger partial charge in [-0.2, -0.15) is 0 Å². The number of hydrogen-bond acceptors (Lipinski definition) is 6. The van der Waals surface area contributed by atoms with Gasteiger partial charge in [0.05, 0.1) is 6.42 Å². The van der Waals surface area contributed by atoms with Gasteiger partial charge in [-0.25, -0.2) is 0 Å². The normalized spacial score (nSPS) is 25.2. The molecule has 2 aromatic rings. The smallest absolute Gasteiger partial charge is 0.305 e. The van der Waals surface area contributed by atoms with E-state index >= 15 is 0 Å². The van der Waals surface area contributed by atoms with Gasteiger partial charge in [-0.3, -0.25) is 28.8 Å². The second kappa shape index (κ2) is 15.0. The lowest BCUT2D eigenvalue weighted by Crippen LogP contribution is -2.58. The Balaban J connectivity index is 1.75. The van der Waals surface area contributed by atoms with E-state index < -0.39 is 72.1 Å². The molecule has 2 fully saturated rings. The molecule has 45 heavy (non-hydrogen) atoms. The Morgan fingerprint density at radius 1 is 0.911 bits per heavy atom. The highest BCUT2D eigenvalue weighted by molar-refractivity contribution is 5.99. The summed E-state index contributed by atoms with van der Waals surface area (Å²) in [6.45, 7) is 5.95. The minimum Gasteiger partial charge on any atom is -0.481 e. The van der Waals surface area contributed by atoms with Crippen LogP contribution in [0.25, 0.3) is 10.9 Å². The van der Waals surface area contributed by atoms with Gasteiger partial charge < -0.3 is 36.3 Å². The van der Waals surface area contributed by atoms with Crippen molar-refractivity contribution in [2.24, 2.45) is 5.92 Å². The SMILES string of the molecule is CCCC[C@H]1NC(=O)[C@@H]2CCCN2C(=O)[C@@H](CC(=O)O)NC(=O)[C@@H](Cc2c[nH]c3ccccc23)NC(=O)[C@H](CC(C)C)NC1=O. The highest BCUT2D eigenvalue weighted by Gasteiger charge is 2.41. The Morgan fingerprint density at radius 2 is 1.56 bits per heavy atom. The van der Waals surface area contributed by atoms with Gasteiger partial charge >= 0.3 is 5.97 Å². The van der Waals surface area contributed by atoms with Gasteiger partial charge in [0, 0.05) is 30.1 Å². The summed E-state index contributed by atoms with van der Waals surface area (Å²) in [6, 6.07) is 1.89. The molecule has 6 N–H and O–H groups in total. The number of fused-ring (bicyclic) bond motifs is 2. The summed E-state index contributed by atoms with van der Waals surface area (Å²) in [7, 11) is 0. The van der Waals surface area contributed by atoms with Gasteiger partial charge in [0.25, 0.3) is 0 Å². The molecule has 4 rings (SSSR count). The summed E-state index contributed by atoms with van der Waals surface area (Å²) in [5.41, 5.74) is 1.55. The van der Waals surface area contributed by atoms with Gasteiger partial charge in [-0.15, -0.1) is 0 Å². The number of H-pyrrole nitrogens is 1. The molecule has 3 heterocycles. The van der Waals surface area contributed by atoms with E-state index in [4.69, 9.17) is 0 Å². The number of rotatable bonds is 9. The van der Waals surface area contributed by atoms with E-state index in [9.17, 15) is 33.9 Å². The number of carboxylic acid groups (broad SMARTS) is 1. The van der Waals surface area contributed by atoms with Crippen molar-refractivity contribution < 1.29 is 33.9 Å². The number of para-hydroxylation sites is 1. The van der Waals surface area contributed by atoms with Crippen molar-refractivity contribution >= 4 is 46.4 Å². The molecule has 5 atom stereocenters. The molecule has 0 spiro atoms. The van der Waals surface area contributed by atoms with Crippen molar-refractivity contribution in [2.75, 3.05) is 6.54 Å². The number of unbranched alkanes of at least 4 members (excludes halogenated alkanes) is 1. The predicted molar refractivity (Wildman–Crippen MR) is 166 cm³/mol. The number of aromatic amines is 1. The Morgan fingerprint density at radius 3 is 2.27 bits per heavy atom. The molecule has 2 aliphatic heterocycles. The lowest BCUT2D eigenvalue weighted by atomic mass is 9.99. The fourth-order valence-electron chi connectivity index (χ4n) is 6.07. The van der Waals surface area contributed by atoms with Crippen LogP contribution in [0.1, 0.15) is 71.3 Å². The molecule has 244 valence electrons. The van der Waals surface area contributed by atoms with Crippen LogP contribution < -0.4 is 21.3 Å². The summed E-state index contributed by atoms with van der Waals surface area (Å²) in [6.07, 6.45) is 3.88. The second-order valence-electron chi connectivity index (χ2n) is 12.4. The number of hydrogen-bond donors (Lipinski definition) is 6. The van der Waals surface area contributed by atoms with E-state index in [0.29, 0.717) is 25.7 Å². The van der Waals surface area contributed by atoms with Crippen molar-refractivity contribution in [1.82, 2.24) is 31.2 Å². The standard InChI is InChI=1S/C32H44N6O7/c1-4-5-10-22-28(41)35-23(14-18(2)3)29(42)36-24(15-19-17-33-21-11-7-6-9-20(19)21)30(43)37-25(16-27(39)40)32(45)38-13-8-12-26(38)31(44)34-22/h6-7,9,11,17-18,22-26,33H,4-5,8,10,12-16H2,1-3H3,(H,34,44)(H,35,41)(H,36,42)(H,37,43)(H,39,40)/t22-,23+,24-,25-,26+/m1/s1. The van der Waals surface area contributed by atoms with Crippen LogP contribution in [0, 0.1) is 5.92 Å². The first-order valence-electron chi connectivity index (χ1n) is 15.8. The van der Waals surface area contributed by atoms with Gasteiger partial charge in [0.15, 0.2) is 0 Å². The monoisotopic (exact) mass is 624 g/mol. The topological polar surface area (TPSA) is 190 Å². The first kappa shape index (κ1) is 33.5. The fraction of sp³-hybridized carbons (Fsp3) is 0.562. The Labute approximate surface area is 262 Å². The number of benzene rings is 1. The molecule has 13 heteroatoms. The number of nitrogens with zero attached hydrogens (tertiary/aromatic N) is 1. The first-order valence-corrected chi connectivity index (χ1v) is 15.8. The maximum atomic E-state index is 13.9. The van der Waals surface area contributed by atoms with Gasteiger partial charge in [0.1, 0.15) is 30.2 Å². The van der Waals surface area contributed by atoms with Crippen molar-refractivity contribution in [1.29, 1.82) is 0 Å². The fourth-order valence-corrected chi connectivity index (χ4v) is 6.07. The summed E-state index contributed by atoms with van der Waals surface area (Å²) in [5, 5.41) is 21.4. The lowest BCUT2D eigenvalue weighted by Gasteiger charge is -2.29. The van der Waals surface area contributed by atoms with Crippen LogP contribution in [0.5, 0.6) is 0 Å².